The van der Waals surface area contributed by atoms with Gasteiger partial charge in [0.25, 0.3) is 5.91 Å². The summed E-state index contributed by atoms with van der Waals surface area (Å²) in [7, 11) is 1.45. The van der Waals surface area contributed by atoms with Crippen LogP contribution in [-0.2, 0) is 0 Å². The molecule has 32 heavy (non-hydrogen) atoms. The maximum Gasteiger partial charge on any atom is 0.316 e. The van der Waals surface area contributed by atoms with Crippen LogP contribution in [0, 0.1) is 19.7 Å². The van der Waals surface area contributed by atoms with Crippen LogP contribution in [0.3, 0.4) is 0 Å². The van der Waals surface area contributed by atoms with Gasteiger partial charge in [-0.25, -0.2) is 14.4 Å². The number of imidazole rings is 1. The topological polar surface area (TPSA) is 119 Å². The molecular weight excluding hydrogens is 413 g/mol. The van der Waals surface area contributed by atoms with E-state index < -0.39 is 11.7 Å². The number of rotatable bonds is 6. The van der Waals surface area contributed by atoms with Gasteiger partial charge in [0.15, 0.2) is 11.5 Å². The number of methoxy groups -OCH3 is 1. The van der Waals surface area contributed by atoms with Crippen LogP contribution < -0.4 is 21.1 Å². The smallest absolute Gasteiger partial charge is 0.316 e. The Morgan fingerprint density at radius 3 is 2.81 bits per heavy atom. The van der Waals surface area contributed by atoms with Crippen LogP contribution >= 0.6 is 0 Å². The summed E-state index contributed by atoms with van der Waals surface area (Å²) < 4.78 is 21.3. The van der Waals surface area contributed by atoms with Gasteiger partial charge in [-0.2, -0.15) is 4.98 Å². The van der Waals surface area contributed by atoms with Gasteiger partial charge in [0, 0.05) is 47.8 Å². The van der Waals surface area contributed by atoms with Gasteiger partial charge in [-0.3, -0.25) is 9.20 Å². The zero-order valence-electron chi connectivity index (χ0n) is 18.2. The van der Waals surface area contributed by atoms with Crippen molar-refractivity contribution in [3.05, 3.63) is 53.4 Å². The Balaban J connectivity index is 1.74. The zero-order valence-corrected chi connectivity index (χ0v) is 18.2. The van der Waals surface area contributed by atoms with E-state index in [2.05, 4.69) is 25.6 Å². The summed E-state index contributed by atoms with van der Waals surface area (Å²) in [5.41, 5.74) is 9.31. The Bertz CT molecular complexity index is 1330. The maximum atomic E-state index is 14.6. The molecule has 166 valence electrons. The van der Waals surface area contributed by atoms with Gasteiger partial charge in [-0.05, 0) is 32.9 Å². The van der Waals surface area contributed by atoms with Crippen molar-refractivity contribution in [3.63, 3.8) is 0 Å². The largest absolute Gasteiger partial charge is 0.467 e. The zero-order chi connectivity index (χ0) is 23.0. The van der Waals surface area contributed by atoms with E-state index in [4.69, 9.17) is 10.5 Å². The molecule has 0 unspecified atom stereocenters. The Hall–Kier alpha value is -3.79. The molecule has 9 nitrogen and oxygen atoms in total. The number of nitrogens with one attached hydrogen (secondary N) is 2. The van der Waals surface area contributed by atoms with Crippen molar-refractivity contribution in [3.8, 4) is 6.01 Å². The number of carbonyl (C=O) groups is 1. The minimum atomic E-state index is -0.525. The van der Waals surface area contributed by atoms with Crippen LogP contribution in [0.5, 0.6) is 6.01 Å². The molecule has 1 aromatic carbocycles. The highest BCUT2D eigenvalue weighted by Gasteiger charge is 2.18. The number of nitrogens with two attached hydrogens (primary N) is 1. The molecule has 0 fully saturated rings. The number of carbonyl (C=O) groups excluding carboxylic acids is 1. The molecule has 0 radical (unpaired) electrons. The van der Waals surface area contributed by atoms with E-state index in [0.29, 0.717) is 28.7 Å². The van der Waals surface area contributed by atoms with E-state index in [1.165, 1.54) is 13.2 Å². The SMILES string of the molecule is COc1ncc2c(NC[C@@H](C)N)ccc(C(=O)Nc3cc(F)c4nc(C)c(C)n4c3)c2n1. The second-order valence-electron chi connectivity index (χ2n) is 7.64. The number of hydrogen-bond acceptors (Lipinski definition) is 7. The molecule has 0 saturated heterocycles. The van der Waals surface area contributed by atoms with Crippen molar-refractivity contribution < 1.29 is 13.9 Å². The average Bonchev–Trinajstić information content (AvgIpc) is 3.05. The van der Waals surface area contributed by atoms with Crippen LogP contribution in [0.1, 0.15) is 28.7 Å². The summed E-state index contributed by atoms with van der Waals surface area (Å²) in [6.07, 6.45) is 3.23. The van der Waals surface area contributed by atoms with Gasteiger partial charge in [-0.15, -0.1) is 0 Å². The van der Waals surface area contributed by atoms with Crippen molar-refractivity contribution in [1.29, 1.82) is 0 Å². The van der Waals surface area contributed by atoms with Gasteiger partial charge < -0.3 is 21.1 Å². The lowest BCUT2D eigenvalue weighted by Crippen LogP contribution is -2.25. The second-order valence-corrected chi connectivity index (χ2v) is 7.64. The van der Waals surface area contributed by atoms with Crippen LogP contribution in [0.25, 0.3) is 16.6 Å². The normalized spacial score (nSPS) is 12.2. The summed E-state index contributed by atoms with van der Waals surface area (Å²) >= 11 is 0. The average molecular weight is 437 g/mol. The van der Waals surface area contributed by atoms with E-state index in [1.807, 2.05) is 13.8 Å². The van der Waals surface area contributed by atoms with E-state index in [0.717, 1.165) is 17.1 Å². The molecule has 4 aromatic rings. The highest BCUT2D eigenvalue weighted by atomic mass is 19.1. The molecular formula is C22H24FN7O2. The highest BCUT2D eigenvalue weighted by Crippen LogP contribution is 2.27. The summed E-state index contributed by atoms with van der Waals surface area (Å²) in [5.74, 6) is -0.967. The number of nitrogens with zero attached hydrogens (tertiary/aromatic N) is 4. The third kappa shape index (κ3) is 3.92. The van der Waals surface area contributed by atoms with E-state index in [-0.39, 0.29) is 17.7 Å². The number of halogens is 1. The molecule has 1 atom stereocenters. The molecule has 3 aromatic heterocycles. The molecule has 0 saturated carbocycles. The number of hydrogen-bond donors (Lipinski definition) is 3. The number of benzene rings is 1. The van der Waals surface area contributed by atoms with Crippen molar-refractivity contribution in [1.82, 2.24) is 19.4 Å². The molecule has 4 rings (SSSR count). The van der Waals surface area contributed by atoms with Crippen molar-refractivity contribution >= 4 is 33.8 Å². The first kappa shape index (κ1) is 21.4. The highest BCUT2D eigenvalue weighted by molar-refractivity contribution is 6.13. The molecule has 0 aliphatic heterocycles. The van der Waals surface area contributed by atoms with Gasteiger partial charge >= 0.3 is 6.01 Å². The van der Waals surface area contributed by atoms with Crippen molar-refractivity contribution in [2.75, 3.05) is 24.3 Å². The predicted octanol–water partition coefficient (Wildman–Crippen LogP) is 3.05. The molecule has 3 heterocycles. The number of ether oxygens (including phenoxy) is 1. The maximum absolute atomic E-state index is 14.6. The quantitative estimate of drug-likeness (QED) is 0.424. The summed E-state index contributed by atoms with van der Waals surface area (Å²) in [5, 5.41) is 6.64. The molecule has 10 heteroatoms. The number of aryl methyl sites for hydroxylation is 2. The van der Waals surface area contributed by atoms with E-state index >= 15 is 0 Å². The van der Waals surface area contributed by atoms with Crippen LogP contribution in [0.15, 0.2) is 30.6 Å². The third-order valence-corrected chi connectivity index (χ3v) is 5.18. The van der Waals surface area contributed by atoms with Crippen molar-refractivity contribution in [2.45, 2.75) is 26.8 Å². The van der Waals surface area contributed by atoms with Crippen molar-refractivity contribution in [2.24, 2.45) is 5.73 Å². The standard InChI is InChI=1S/C22H24FN7O2/c1-11(24)8-25-18-6-5-15(19-16(18)9-26-22(29-19)32-4)21(31)28-14-7-17(23)20-27-12(2)13(3)30(20)10-14/h5-7,9-11,25H,8,24H2,1-4H3,(H,28,31)/t11-/m1/s1. The third-order valence-electron chi connectivity index (χ3n) is 5.18. The van der Waals surface area contributed by atoms with Gasteiger partial charge in [-0.1, -0.05) is 0 Å². The van der Waals surface area contributed by atoms with Gasteiger partial charge in [0.1, 0.15) is 0 Å². The number of fused-ring (bicyclic) bond motifs is 2. The minimum absolute atomic E-state index is 0.0627. The number of amides is 1. The Morgan fingerprint density at radius 2 is 2.09 bits per heavy atom. The Kier molecular flexibility index (Phi) is 5.62. The first-order valence-electron chi connectivity index (χ1n) is 10.1. The lowest BCUT2D eigenvalue weighted by Gasteiger charge is -2.14. The number of anilines is 2. The first-order valence-corrected chi connectivity index (χ1v) is 10.1. The molecule has 0 spiro atoms. The lowest BCUT2D eigenvalue weighted by molar-refractivity contribution is 0.102. The fourth-order valence-electron chi connectivity index (χ4n) is 3.41. The molecule has 1 amide bonds. The monoisotopic (exact) mass is 437 g/mol. The van der Waals surface area contributed by atoms with Crippen LogP contribution in [0.2, 0.25) is 0 Å². The second kappa shape index (κ2) is 8.39. The predicted molar refractivity (Wildman–Crippen MR) is 121 cm³/mol. The fraction of sp³-hybridized carbons (Fsp3) is 0.273. The molecule has 0 aliphatic carbocycles. The number of pyridine rings is 1. The van der Waals surface area contributed by atoms with E-state index in [1.54, 1.807) is 35.9 Å². The van der Waals surface area contributed by atoms with Crippen LogP contribution in [-0.4, -0.2) is 45.0 Å². The molecule has 0 aliphatic rings. The Morgan fingerprint density at radius 1 is 1.31 bits per heavy atom. The molecule has 4 N–H and O–H groups in total. The van der Waals surface area contributed by atoms with Gasteiger partial charge in [0.05, 0.1) is 29.6 Å². The lowest BCUT2D eigenvalue weighted by atomic mass is 10.1. The van der Waals surface area contributed by atoms with E-state index in [9.17, 15) is 9.18 Å². The fourth-order valence-corrected chi connectivity index (χ4v) is 3.41. The summed E-state index contributed by atoms with van der Waals surface area (Å²) in [6.45, 7) is 6.07. The first-order chi connectivity index (χ1) is 15.3. The minimum Gasteiger partial charge on any atom is -0.467 e. The Labute approximate surface area is 183 Å². The number of aromatic nitrogens is 4. The summed E-state index contributed by atoms with van der Waals surface area (Å²) in [4.78, 5) is 25.9. The van der Waals surface area contributed by atoms with Crippen LogP contribution in [0.4, 0.5) is 15.8 Å². The molecule has 0 bridgehead atoms. The summed E-state index contributed by atoms with van der Waals surface area (Å²) in [6, 6.07) is 4.73. The van der Waals surface area contributed by atoms with Gasteiger partial charge in [0.2, 0.25) is 0 Å².